The molecule has 0 heterocycles. The quantitative estimate of drug-likeness (QED) is 0.459. The van der Waals surface area contributed by atoms with Gasteiger partial charge in [0.1, 0.15) is 0 Å². The molecule has 0 rings (SSSR count). The molecule has 0 unspecified atom stereocenters. The fourth-order valence-electron chi connectivity index (χ4n) is 0.431. The second-order valence-corrected chi connectivity index (χ2v) is 5.94. The molecular formula is C4H3F10P. The van der Waals surface area contributed by atoms with Gasteiger partial charge in [-0.05, 0) is 0 Å². The summed E-state index contributed by atoms with van der Waals surface area (Å²) in [5.41, 5.74) is 0. The number of hydrogen-bond donors (Lipinski definition) is 0. The number of alkyl halides is 9. The summed E-state index contributed by atoms with van der Waals surface area (Å²) >= 11 is 0. The molecule has 0 aliphatic heterocycles. The first-order chi connectivity index (χ1) is 5.75. The Morgan fingerprint density at radius 3 is 0.733 bits per heavy atom. The largest absolute Gasteiger partial charge is 1.00 e. The summed E-state index contributed by atoms with van der Waals surface area (Å²) in [4.78, 5) is 0. The van der Waals surface area contributed by atoms with Crippen molar-refractivity contribution < 1.29 is 44.2 Å². The molecule has 0 amide bonds. The highest BCUT2D eigenvalue weighted by Crippen LogP contribution is 2.85. The summed E-state index contributed by atoms with van der Waals surface area (Å²) in [5.74, 6) is -18.9. The molecule has 0 aliphatic carbocycles. The summed E-state index contributed by atoms with van der Waals surface area (Å²) in [6.07, 6.45) is 0. The van der Waals surface area contributed by atoms with E-state index in [-0.39, 0.29) is 4.70 Å². The third-order valence-corrected chi connectivity index (χ3v) is 4.56. The van der Waals surface area contributed by atoms with E-state index in [1.807, 2.05) is 0 Å². The lowest BCUT2D eigenvalue weighted by Gasteiger charge is -2.26. The Hall–Kier alpha value is -0.270. The fourth-order valence-corrected chi connectivity index (χ4v) is 1.29. The predicted molar refractivity (Wildman–Crippen MR) is 31.0 cm³/mol. The monoisotopic (exact) mass is 272 g/mol. The van der Waals surface area contributed by atoms with Gasteiger partial charge in [0.15, 0.2) is 0 Å². The van der Waals surface area contributed by atoms with E-state index in [4.69, 9.17) is 0 Å². The van der Waals surface area contributed by atoms with Crippen LogP contribution >= 0.6 is 7.26 Å². The van der Waals surface area contributed by atoms with Crippen molar-refractivity contribution in [2.45, 2.75) is 17.8 Å². The van der Waals surface area contributed by atoms with E-state index in [0.29, 0.717) is 0 Å². The van der Waals surface area contributed by atoms with E-state index < -0.39 is 31.7 Å². The van der Waals surface area contributed by atoms with E-state index in [1.54, 1.807) is 0 Å². The van der Waals surface area contributed by atoms with Crippen LogP contribution in [0.3, 0.4) is 0 Å². The van der Waals surface area contributed by atoms with Gasteiger partial charge < -0.3 is 4.70 Å². The third kappa shape index (κ3) is 2.64. The van der Waals surface area contributed by atoms with Gasteiger partial charge in [0.2, 0.25) is 0 Å². The first kappa shape index (κ1) is 17.1. The molecule has 0 fully saturated rings. The maximum Gasteiger partial charge on any atom is 0.528 e. The molecule has 0 nitrogen and oxygen atoms in total. The molecule has 0 aromatic carbocycles. The van der Waals surface area contributed by atoms with Gasteiger partial charge in [-0.3, -0.25) is 0 Å². The van der Waals surface area contributed by atoms with Gasteiger partial charge in [0.05, 0.1) is 6.66 Å². The summed E-state index contributed by atoms with van der Waals surface area (Å²) in [6.45, 7) is -0.826. The molecular weight excluding hydrogens is 269 g/mol. The van der Waals surface area contributed by atoms with Crippen molar-refractivity contribution in [1.29, 1.82) is 0 Å². The van der Waals surface area contributed by atoms with Gasteiger partial charge in [-0.2, -0.15) is 0 Å². The van der Waals surface area contributed by atoms with Crippen LogP contribution in [0.5, 0.6) is 0 Å². The number of hydrogen-bond acceptors (Lipinski definition) is 0. The van der Waals surface area contributed by atoms with Crippen LogP contribution in [0.1, 0.15) is 0 Å². The first-order valence-corrected chi connectivity index (χ1v) is 5.05. The van der Waals surface area contributed by atoms with Gasteiger partial charge in [-0.1, -0.05) is 0 Å². The van der Waals surface area contributed by atoms with Crippen molar-refractivity contribution in [1.82, 2.24) is 0 Å². The Morgan fingerprint density at radius 1 is 0.600 bits per heavy atom. The van der Waals surface area contributed by atoms with E-state index in [9.17, 15) is 39.5 Å². The third-order valence-electron chi connectivity index (χ3n) is 1.52. The second kappa shape index (κ2) is 3.95. The molecule has 0 saturated carbocycles. The molecule has 11 heteroatoms. The van der Waals surface area contributed by atoms with Crippen molar-refractivity contribution in [2.24, 2.45) is 0 Å². The summed E-state index contributed by atoms with van der Waals surface area (Å²) in [6, 6.07) is 0. The lowest BCUT2D eigenvalue weighted by molar-refractivity contribution is -0.130. The predicted octanol–water partition coefficient (Wildman–Crippen LogP) is 1.20. The highest BCUT2D eigenvalue weighted by Gasteiger charge is 2.90. The molecule has 94 valence electrons. The summed E-state index contributed by atoms with van der Waals surface area (Å²) < 4.78 is 105. The second-order valence-electron chi connectivity index (χ2n) is 2.41. The van der Waals surface area contributed by atoms with Crippen LogP contribution in [-0.2, 0) is 0 Å². The highest BCUT2D eigenvalue weighted by atomic mass is 31.2. The lowest BCUT2D eigenvalue weighted by Crippen LogP contribution is -3.00. The van der Waals surface area contributed by atoms with Gasteiger partial charge in [0.25, 0.3) is 0 Å². The molecule has 0 aromatic rings. The Labute approximate surface area is 77.1 Å². The van der Waals surface area contributed by atoms with Crippen molar-refractivity contribution in [2.75, 3.05) is 6.66 Å². The van der Waals surface area contributed by atoms with Gasteiger partial charge in [-0.25, -0.2) is 0 Å². The van der Waals surface area contributed by atoms with Crippen LogP contribution in [-0.4, -0.2) is 24.4 Å². The molecule has 0 N–H and O–H groups in total. The molecule has 0 radical (unpaired) electrons. The smallest absolute Gasteiger partial charge is 0.528 e. The van der Waals surface area contributed by atoms with Crippen LogP contribution in [0.4, 0.5) is 39.5 Å². The minimum Gasteiger partial charge on any atom is -1.00 e. The van der Waals surface area contributed by atoms with E-state index in [0.717, 1.165) is 0 Å². The van der Waals surface area contributed by atoms with E-state index in [2.05, 4.69) is 0 Å². The average molecular weight is 272 g/mol. The van der Waals surface area contributed by atoms with Gasteiger partial charge in [0, 0.05) is 0 Å². The molecule has 0 saturated heterocycles. The zero-order valence-electron chi connectivity index (χ0n) is 6.73. The van der Waals surface area contributed by atoms with Crippen molar-refractivity contribution in [3.63, 3.8) is 0 Å². The molecule has 0 atom stereocenters. The van der Waals surface area contributed by atoms with Gasteiger partial charge in [-0.15, -0.1) is 39.5 Å². The Bertz CT molecular complexity index is 171. The first-order valence-electron chi connectivity index (χ1n) is 2.82. The Kier molecular flexibility index (Phi) is 4.51. The SMILES string of the molecule is C[P+](C(F)(F)F)(C(F)(F)F)C(F)(F)F.[F-]. The normalized spacial score (nSPS) is 14.8. The van der Waals surface area contributed by atoms with Crippen LogP contribution in [0.2, 0.25) is 0 Å². The highest BCUT2D eigenvalue weighted by molar-refractivity contribution is 7.77. The molecule has 0 bridgehead atoms. The van der Waals surface area contributed by atoms with Crippen molar-refractivity contribution in [3.8, 4) is 0 Å². The molecule has 0 aromatic heterocycles. The molecule has 0 aliphatic rings. The fraction of sp³-hybridized carbons (Fsp3) is 1.00. The minimum absolute atomic E-state index is 0. The standard InChI is InChI=1S/C4H3F9P.FH/c1-14(2(5,6)7,3(8,9)10)4(11,12)13;/h1H3;1H/q+1;/p-1. The van der Waals surface area contributed by atoms with Crippen LogP contribution in [0.25, 0.3) is 0 Å². The maximum atomic E-state index is 11.7. The molecule has 0 spiro atoms. The van der Waals surface area contributed by atoms with Crippen LogP contribution < -0.4 is 4.70 Å². The van der Waals surface area contributed by atoms with Crippen LogP contribution in [0, 0.1) is 0 Å². The summed E-state index contributed by atoms with van der Waals surface area (Å²) in [5, 5.41) is 0. The zero-order valence-corrected chi connectivity index (χ0v) is 7.62. The average Bonchev–Trinajstić information content (AvgIpc) is 1.77. The van der Waals surface area contributed by atoms with Crippen molar-refractivity contribution in [3.05, 3.63) is 0 Å². The van der Waals surface area contributed by atoms with Crippen LogP contribution in [0.15, 0.2) is 0 Å². The minimum atomic E-state index is -7.02. The lowest BCUT2D eigenvalue weighted by atomic mass is 11.4. The maximum absolute atomic E-state index is 11.7. The Balaban J connectivity index is 0. The summed E-state index contributed by atoms with van der Waals surface area (Å²) in [7, 11) is -7.02. The van der Waals surface area contributed by atoms with Crippen molar-refractivity contribution >= 4 is 7.26 Å². The topological polar surface area (TPSA) is 0 Å². The number of halogens is 10. The van der Waals surface area contributed by atoms with Gasteiger partial charge >= 0.3 is 25.0 Å². The van der Waals surface area contributed by atoms with E-state index >= 15 is 0 Å². The zero-order chi connectivity index (χ0) is 12.0. The van der Waals surface area contributed by atoms with E-state index in [1.165, 1.54) is 0 Å². The number of rotatable bonds is 0. The molecule has 15 heavy (non-hydrogen) atoms. The Morgan fingerprint density at radius 2 is 0.733 bits per heavy atom.